The Morgan fingerprint density at radius 3 is 1.75 bits per heavy atom. The second-order valence-corrected chi connectivity index (χ2v) is 2.65. The van der Waals surface area contributed by atoms with E-state index in [2.05, 4.69) is 4.74 Å². The van der Waals surface area contributed by atoms with Crippen LogP contribution in [0.5, 0.6) is 5.75 Å². The van der Waals surface area contributed by atoms with Crippen molar-refractivity contribution in [3.8, 4) is 5.75 Å². The highest BCUT2D eigenvalue weighted by atomic mass is 19.4. The van der Waals surface area contributed by atoms with Gasteiger partial charge < -0.3 is 4.74 Å². The summed E-state index contributed by atoms with van der Waals surface area (Å²) in [5.41, 5.74) is -1.59. The van der Waals surface area contributed by atoms with Crippen molar-refractivity contribution in [1.29, 1.82) is 0 Å². The van der Waals surface area contributed by atoms with Gasteiger partial charge >= 0.3 is 6.36 Å². The lowest BCUT2D eigenvalue weighted by molar-refractivity contribution is -0.274. The van der Waals surface area contributed by atoms with Crippen molar-refractivity contribution < 1.29 is 35.5 Å². The van der Waals surface area contributed by atoms with Gasteiger partial charge in [-0.05, 0) is 0 Å². The minimum atomic E-state index is -5.15. The first-order chi connectivity index (χ1) is 7.20. The van der Waals surface area contributed by atoms with Crippen LogP contribution >= 0.6 is 0 Å². The van der Waals surface area contributed by atoms with E-state index in [1.54, 1.807) is 0 Å². The highest BCUT2D eigenvalue weighted by Crippen LogP contribution is 2.31. The smallest absolute Gasteiger partial charge is 0.406 e. The van der Waals surface area contributed by atoms with E-state index in [1.807, 2.05) is 0 Å². The van der Waals surface area contributed by atoms with Crippen molar-refractivity contribution >= 4 is 0 Å². The van der Waals surface area contributed by atoms with E-state index >= 15 is 0 Å². The van der Waals surface area contributed by atoms with Crippen molar-refractivity contribution in [3.05, 3.63) is 29.3 Å². The van der Waals surface area contributed by atoms with Crippen LogP contribution < -0.4 is 4.74 Å². The van der Waals surface area contributed by atoms with E-state index < -0.39 is 35.7 Å². The largest absolute Gasteiger partial charge is 0.573 e. The molecule has 0 N–H and O–H groups in total. The molecule has 0 bridgehead atoms. The zero-order valence-electron chi connectivity index (χ0n) is 7.29. The molecule has 90 valence electrons. The summed E-state index contributed by atoms with van der Waals surface area (Å²) in [4.78, 5) is 0. The van der Waals surface area contributed by atoms with Gasteiger partial charge in [0.05, 0.1) is 5.56 Å². The molecule has 0 saturated carbocycles. The molecule has 16 heavy (non-hydrogen) atoms. The molecule has 0 heterocycles. The molecular weight excluding hydrogens is 245 g/mol. The minimum absolute atomic E-state index is 0.0397. The van der Waals surface area contributed by atoms with Gasteiger partial charge in [-0.25, -0.2) is 17.6 Å². The lowest BCUT2D eigenvalue weighted by Gasteiger charge is -2.10. The van der Waals surface area contributed by atoms with E-state index in [0.717, 1.165) is 0 Å². The number of ether oxygens (including phenoxy) is 1. The molecule has 1 aromatic rings. The first-order valence-electron chi connectivity index (χ1n) is 3.73. The molecule has 0 radical (unpaired) electrons. The van der Waals surface area contributed by atoms with Crippen molar-refractivity contribution in [2.24, 2.45) is 0 Å². The number of benzene rings is 1. The topological polar surface area (TPSA) is 9.23 Å². The van der Waals surface area contributed by atoms with Crippen LogP contribution in [0.3, 0.4) is 0 Å². The predicted molar refractivity (Wildman–Crippen MR) is 38.0 cm³/mol. The molecule has 0 amide bonds. The Hall–Kier alpha value is -1.47. The number of hydrogen-bond donors (Lipinski definition) is 0. The summed E-state index contributed by atoms with van der Waals surface area (Å²) in [5.74, 6) is -4.82. The van der Waals surface area contributed by atoms with Crippen LogP contribution in [-0.4, -0.2) is 6.36 Å². The van der Waals surface area contributed by atoms with Gasteiger partial charge in [0.1, 0.15) is 17.4 Å². The molecule has 1 rings (SSSR count). The van der Waals surface area contributed by atoms with Gasteiger partial charge in [0.2, 0.25) is 0 Å². The van der Waals surface area contributed by atoms with Crippen molar-refractivity contribution in [1.82, 2.24) is 0 Å². The van der Waals surface area contributed by atoms with Crippen LogP contribution in [-0.2, 0) is 0 Å². The van der Waals surface area contributed by atoms with Gasteiger partial charge in [-0.3, -0.25) is 0 Å². The molecule has 0 spiro atoms. The van der Waals surface area contributed by atoms with E-state index in [0.29, 0.717) is 0 Å². The van der Waals surface area contributed by atoms with E-state index in [1.165, 1.54) is 0 Å². The Balaban J connectivity index is 3.10. The Morgan fingerprint density at radius 2 is 1.44 bits per heavy atom. The number of rotatable bonds is 2. The fourth-order valence-corrected chi connectivity index (χ4v) is 0.962. The second-order valence-electron chi connectivity index (χ2n) is 2.65. The number of halogens is 7. The van der Waals surface area contributed by atoms with Crippen LogP contribution in [0.15, 0.2) is 12.1 Å². The fourth-order valence-electron chi connectivity index (χ4n) is 0.962. The van der Waals surface area contributed by atoms with E-state index in [9.17, 15) is 30.7 Å². The summed E-state index contributed by atoms with van der Waals surface area (Å²) in [6, 6.07) is 0.0795. The lowest BCUT2D eigenvalue weighted by atomic mass is 10.2. The quantitative estimate of drug-likeness (QED) is 0.723. The third kappa shape index (κ3) is 3.01. The maximum absolute atomic E-state index is 12.8. The van der Waals surface area contributed by atoms with Crippen LogP contribution in [0.25, 0.3) is 0 Å². The zero-order chi connectivity index (χ0) is 12.5. The fraction of sp³-hybridized carbons (Fsp3) is 0.250. The molecule has 0 saturated heterocycles. The molecule has 0 aliphatic heterocycles. The van der Waals surface area contributed by atoms with Crippen LogP contribution in [0.1, 0.15) is 12.0 Å². The third-order valence-corrected chi connectivity index (χ3v) is 1.50. The molecule has 8 heteroatoms. The first kappa shape index (κ1) is 12.6. The second kappa shape index (κ2) is 4.18. The Morgan fingerprint density at radius 1 is 1.00 bits per heavy atom. The lowest BCUT2D eigenvalue weighted by Crippen LogP contribution is -2.17. The summed E-state index contributed by atoms with van der Waals surface area (Å²) >= 11 is 0. The van der Waals surface area contributed by atoms with Gasteiger partial charge in [0.15, 0.2) is 0 Å². The van der Waals surface area contributed by atoms with Gasteiger partial charge in [0, 0.05) is 12.1 Å². The van der Waals surface area contributed by atoms with Crippen LogP contribution in [0, 0.1) is 11.6 Å². The van der Waals surface area contributed by atoms with Crippen molar-refractivity contribution in [3.63, 3.8) is 0 Å². The normalized spacial score (nSPS) is 12.0. The molecule has 1 aromatic carbocycles. The minimum Gasteiger partial charge on any atom is -0.406 e. The Kier molecular flexibility index (Phi) is 3.30. The van der Waals surface area contributed by atoms with E-state index in [-0.39, 0.29) is 12.1 Å². The highest BCUT2D eigenvalue weighted by Gasteiger charge is 2.32. The van der Waals surface area contributed by atoms with Gasteiger partial charge in [-0.1, -0.05) is 0 Å². The predicted octanol–water partition coefficient (Wildman–Crippen LogP) is 3.80. The molecule has 0 aliphatic carbocycles. The molecule has 0 fully saturated rings. The Bertz CT molecular complexity index is 361. The van der Waals surface area contributed by atoms with Crippen LogP contribution in [0.2, 0.25) is 0 Å². The monoisotopic (exact) mass is 248 g/mol. The molecule has 0 aromatic heterocycles. The summed E-state index contributed by atoms with van der Waals surface area (Å²) < 4.78 is 87.7. The first-order valence-corrected chi connectivity index (χ1v) is 3.73. The maximum Gasteiger partial charge on any atom is 0.573 e. The molecule has 0 atom stereocenters. The van der Waals surface area contributed by atoms with E-state index in [4.69, 9.17) is 0 Å². The van der Waals surface area contributed by atoms with Gasteiger partial charge in [-0.15, -0.1) is 13.2 Å². The van der Waals surface area contributed by atoms with Gasteiger partial charge in [0.25, 0.3) is 6.43 Å². The van der Waals surface area contributed by atoms with Gasteiger partial charge in [-0.2, -0.15) is 0 Å². The average molecular weight is 248 g/mol. The van der Waals surface area contributed by atoms with Crippen molar-refractivity contribution in [2.45, 2.75) is 12.8 Å². The summed E-state index contributed by atoms with van der Waals surface area (Å²) in [6.45, 7) is 0. The number of hydrogen-bond acceptors (Lipinski definition) is 1. The number of alkyl halides is 5. The molecule has 0 unspecified atom stereocenters. The summed E-state index contributed by atoms with van der Waals surface area (Å²) in [5, 5.41) is 0. The molecule has 1 nitrogen and oxygen atoms in total. The molecule has 0 aliphatic rings. The SMILES string of the molecule is Fc1cc(OC(F)(F)F)cc(F)c1C(F)F. The van der Waals surface area contributed by atoms with Crippen molar-refractivity contribution in [2.75, 3.05) is 0 Å². The van der Waals surface area contributed by atoms with Crippen LogP contribution in [0.4, 0.5) is 30.7 Å². The highest BCUT2D eigenvalue weighted by molar-refractivity contribution is 5.31. The molecular formula is C8H3F7O. The summed E-state index contributed by atoms with van der Waals surface area (Å²) in [6.07, 6.45) is -8.61. The maximum atomic E-state index is 12.8. The standard InChI is InChI=1S/C8H3F7O/c9-4-1-3(16-8(13,14)15)2-5(10)6(4)7(11)12/h1-2,7H. The average Bonchev–Trinajstić information content (AvgIpc) is 1.96. The zero-order valence-corrected chi connectivity index (χ0v) is 7.29. The summed E-state index contributed by atoms with van der Waals surface area (Å²) in [7, 11) is 0. The Labute approximate surface area is 84.4 Å². The third-order valence-electron chi connectivity index (χ3n) is 1.50.